The molecule has 0 aromatic carbocycles. The van der Waals surface area contributed by atoms with E-state index in [-0.39, 0.29) is 23.8 Å². The second-order valence-electron chi connectivity index (χ2n) is 11.4. The summed E-state index contributed by atoms with van der Waals surface area (Å²) in [5, 5.41) is 13.3. The summed E-state index contributed by atoms with van der Waals surface area (Å²) in [7, 11) is 0. The normalized spacial score (nSPS) is 23.7. The molecular weight excluding hydrogens is 438 g/mol. The summed E-state index contributed by atoms with van der Waals surface area (Å²) < 4.78 is 10.4. The number of nitrogens with zero attached hydrogens (tertiary/aromatic N) is 6. The van der Waals surface area contributed by atoms with Gasteiger partial charge in [-0.2, -0.15) is 5.10 Å². The molecule has 1 saturated heterocycles. The summed E-state index contributed by atoms with van der Waals surface area (Å²) >= 11 is 0. The molecule has 2 aliphatic rings. The molecular formula is C27H39N7O. The smallest absolute Gasteiger partial charge is 0.200 e. The van der Waals surface area contributed by atoms with Crippen molar-refractivity contribution in [2.45, 2.75) is 110 Å². The van der Waals surface area contributed by atoms with Gasteiger partial charge in [-0.1, -0.05) is 12.8 Å². The zero-order valence-electron chi connectivity index (χ0n) is 22.0. The molecule has 2 atom stereocenters. The fourth-order valence-corrected chi connectivity index (χ4v) is 5.63. The van der Waals surface area contributed by atoms with Gasteiger partial charge < -0.3 is 10.1 Å². The Hall–Kier alpha value is -2.74. The monoisotopic (exact) mass is 477 g/mol. The molecule has 1 saturated carbocycles. The van der Waals surface area contributed by atoms with Crippen LogP contribution in [-0.2, 0) is 4.74 Å². The third kappa shape index (κ3) is 5.13. The van der Waals surface area contributed by atoms with Gasteiger partial charge >= 0.3 is 0 Å². The minimum atomic E-state index is -0.0242. The van der Waals surface area contributed by atoms with E-state index in [0.29, 0.717) is 11.9 Å². The zero-order chi connectivity index (χ0) is 24.7. The van der Waals surface area contributed by atoms with Crippen molar-refractivity contribution in [3.63, 3.8) is 0 Å². The first-order valence-corrected chi connectivity index (χ1v) is 13.1. The first-order valence-electron chi connectivity index (χ1n) is 13.1. The highest BCUT2D eigenvalue weighted by Gasteiger charge is 2.31. The number of hydrogen-bond donors (Lipinski definition) is 1. The van der Waals surface area contributed by atoms with Gasteiger partial charge in [0.05, 0.1) is 47.9 Å². The Labute approximate surface area is 208 Å². The van der Waals surface area contributed by atoms with Crippen molar-refractivity contribution in [2.24, 2.45) is 0 Å². The largest absolute Gasteiger partial charge is 0.379 e. The summed E-state index contributed by atoms with van der Waals surface area (Å²) in [5.41, 5.74) is 3.97. The van der Waals surface area contributed by atoms with Gasteiger partial charge in [-0.3, -0.25) is 9.67 Å². The van der Waals surface area contributed by atoms with E-state index in [1.807, 2.05) is 18.5 Å². The fraction of sp³-hybridized carbons (Fsp3) is 0.630. The van der Waals surface area contributed by atoms with Crippen LogP contribution < -0.4 is 5.32 Å². The summed E-state index contributed by atoms with van der Waals surface area (Å²) in [4.78, 5) is 9.76. The van der Waals surface area contributed by atoms with Crippen molar-refractivity contribution in [1.82, 2.24) is 29.5 Å². The lowest BCUT2D eigenvalue weighted by Crippen LogP contribution is -2.31. The number of rotatable bonds is 5. The lowest BCUT2D eigenvalue weighted by Gasteiger charge is -2.32. The summed E-state index contributed by atoms with van der Waals surface area (Å²) in [6, 6.07) is 4.77. The topological polar surface area (TPSA) is 82.7 Å². The summed E-state index contributed by atoms with van der Waals surface area (Å²) in [6.07, 6.45) is 11.0. The standard InChI is InChI=1S/C27H39N7O/c1-17-13-22(14-18(2)35-17)34-26(23-16-29-33(19(23)3)21-9-7-8-10-21)30-25(32-34)24-12-11-20(15-28-24)31-27(4,5)6/h11-12,15-18,21-22,31H,7-10,13-14H2,1-6H3. The highest BCUT2D eigenvalue weighted by molar-refractivity contribution is 5.62. The molecule has 4 heterocycles. The van der Waals surface area contributed by atoms with Crippen LogP contribution in [0.15, 0.2) is 24.5 Å². The fourth-order valence-electron chi connectivity index (χ4n) is 5.63. The molecule has 8 heteroatoms. The number of hydrogen-bond acceptors (Lipinski definition) is 6. The van der Waals surface area contributed by atoms with E-state index in [9.17, 15) is 0 Å². The molecule has 0 spiro atoms. The highest BCUT2D eigenvalue weighted by atomic mass is 16.5. The third-order valence-electron chi connectivity index (χ3n) is 7.12. The second-order valence-corrected chi connectivity index (χ2v) is 11.4. The molecule has 1 N–H and O–H groups in total. The van der Waals surface area contributed by atoms with Crippen LogP contribution in [0, 0.1) is 6.92 Å². The zero-order valence-corrected chi connectivity index (χ0v) is 22.0. The van der Waals surface area contributed by atoms with Gasteiger partial charge in [0.25, 0.3) is 0 Å². The molecule has 1 aliphatic carbocycles. The average molecular weight is 478 g/mol. The molecule has 0 bridgehead atoms. The Balaban J connectivity index is 1.53. The first kappa shape index (κ1) is 24.0. The van der Waals surface area contributed by atoms with Crippen LogP contribution in [0.5, 0.6) is 0 Å². The van der Waals surface area contributed by atoms with Crippen molar-refractivity contribution < 1.29 is 4.74 Å². The van der Waals surface area contributed by atoms with Gasteiger partial charge in [0, 0.05) is 11.2 Å². The third-order valence-corrected chi connectivity index (χ3v) is 7.12. The van der Waals surface area contributed by atoms with Crippen molar-refractivity contribution in [3.05, 3.63) is 30.2 Å². The average Bonchev–Trinajstić information content (AvgIpc) is 3.52. The molecule has 3 aromatic heterocycles. The molecule has 0 amide bonds. The maximum atomic E-state index is 6.03. The van der Waals surface area contributed by atoms with Gasteiger partial charge in [-0.05, 0) is 79.4 Å². The quantitative estimate of drug-likeness (QED) is 0.488. The van der Waals surface area contributed by atoms with Gasteiger partial charge in [0.2, 0.25) is 0 Å². The van der Waals surface area contributed by atoms with Crippen LogP contribution in [0.25, 0.3) is 22.9 Å². The van der Waals surface area contributed by atoms with E-state index in [0.717, 1.165) is 35.6 Å². The van der Waals surface area contributed by atoms with E-state index < -0.39 is 0 Å². The minimum absolute atomic E-state index is 0.0242. The van der Waals surface area contributed by atoms with Crippen molar-refractivity contribution >= 4 is 5.69 Å². The van der Waals surface area contributed by atoms with Crippen LogP contribution >= 0.6 is 0 Å². The predicted octanol–water partition coefficient (Wildman–Crippen LogP) is 5.97. The number of pyridine rings is 1. The van der Waals surface area contributed by atoms with E-state index in [1.165, 1.54) is 31.4 Å². The van der Waals surface area contributed by atoms with E-state index in [4.69, 9.17) is 24.9 Å². The SMILES string of the molecule is Cc1c(-c2nc(-c3ccc(NC(C)(C)C)cn3)nn2C2CC(C)OC(C)C2)cnn1C1CCCC1. The Morgan fingerprint density at radius 2 is 1.69 bits per heavy atom. The molecule has 0 radical (unpaired) electrons. The Morgan fingerprint density at radius 3 is 2.31 bits per heavy atom. The molecule has 188 valence electrons. The molecule has 35 heavy (non-hydrogen) atoms. The molecule has 1 aliphatic heterocycles. The highest BCUT2D eigenvalue weighted by Crippen LogP contribution is 2.36. The minimum Gasteiger partial charge on any atom is -0.379 e. The van der Waals surface area contributed by atoms with E-state index >= 15 is 0 Å². The van der Waals surface area contributed by atoms with E-state index in [2.05, 4.69) is 62.3 Å². The molecule has 8 nitrogen and oxygen atoms in total. The lowest BCUT2D eigenvalue weighted by atomic mass is 10.00. The maximum absolute atomic E-state index is 6.03. The number of anilines is 1. The van der Waals surface area contributed by atoms with Crippen LogP contribution in [0.3, 0.4) is 0 Å². The van der Waals surface area contributed by atoms with E-state index in [1.54, 1.807) is 0 Å². The van der Waals surface area contributed by atoms with Crippen molar-refractivity contribution in [2.75, 3.05) is 5.32 Å². The summed E-state index contributed by atoms with van der Waals surface area (Å²) in [5.74, 6) is 1.54. The van der Waals surface area contributed by atoms with Gasteiger partial charge in [0.15, 0.2) is 11.6 Å². The molecule has 2 fully saturated rings. The predicted molar refractivity (Wildman–Crippen MR) is 138 cm³/mol. The molecule has 2 unspecified atom stereocenters. The Bertz CT molecular complexity index is 1140. The maximum Gasteiger partial charge on any atom is 0.200 e. The lowest BCUT2D eigenvalue weighted by molar-refractivity contribution is -0.0503. The Morgan fingerprint density at radius 1 is 0.971 bits per heavy atom. The van der Waals surface area contributed by atoms with Gasteiger partial charge in [0.1, 0.15) is 5.69 Å². The number of ether oxygens (including phenoxy) is 1. The van der Waals surface area contributed by atoms with Crippen LogP contribution in [0.1, 0.15) is 90.9 Å². The van der Waals surface area contributed by atoms with Crippen molar-refractivity contribution in [3.8, 4) is 22.9 Å². The molecule has 5 rings (SSSR count). The van der Waals surface area contributed by atoms with Crippen molar-refractivity contribution in [1.29, 1.82) is 0 Å². The van der Waals surface area contributed by atoms with Crippen LogP contribution in [0.2, 0.25) is 0 Å². The number of aromatic nitrogens is 6. The summed E-state index contributed by atoms with van der Waals surface area (Å²) in [6.45, 7) is 12.9. The van der Waals surface area contributed by atoms with Gasteiger partial charge in [-0.25, -0.2) is 9.67 Å². The van der Waals surface area contributed by atoms with Crippen LogP contribution in [-0.4, -0.2) is 47.3 Å². The molecule has 3 aromatic rings. The van der Waals surface area contributed by atoms with Gasteiger partial charge in [-0.15, -0.1) is 5.10 Å². The van der Waals surface area contributed by atoms with Crippen LogP contribution in [0.4, 0.5) is 5.69 Å². The number of nitrogens with one attached hydrogen (secondary N) is 1. The first-order chi connectivity index (χ1) is 16.7. The second kappa shape index (κ2) is 9.37. The Kier molecular flexibility index (Phi) is 6.42.